The summed E-state index contributed by atoms with van der Waals surface area (Å²) in [5.41, 5.74) is 1.55. The van der Waals surface area contributed by atoms with Gasteiger partial charge in [0.2, 0.25) is 5.95 Å². The van der Waals surface area contributed by atoms with Crippen molar-refractivity contribution in [1.82, 2.24) is 15.0 Å². The number of nitrogens with zero attached hydrogens (tertiary/aromatic N) is 3. The fraction of sp³-hybridized carbons (Fsp3) is 0.0833. The van der Waals surface area contributed by atoms with E-state index in [0.717, 1.165) is 11.1 Å². The average molecular weight is 293 g/mol. The molecule has 0 fully saturated rings. The van der Waals surface area contributed by atoms with E-state index in [1.807, 2.05) is 24.3 Å². The molecule has 3 aromatic rings. The molecule has 0 spiro atoms. The van der Waals surface area contributed by atoms with Crippen LogP contribution in [0.25, 0.3) is 11.1 Å². The van der Waals surface area contributed by atoms with E-state index in [1.54, 1.807) is 13.2 Å². The number of fused-ring (bicyclic) bond motifs is 1. The van der Waals surface area contributed by atoms with E-state index in [9.17, 15) is 0 Å². The van der Waals surface area contributed by atoms with Crippen LogP contribution in [-0.2, 0) is 0 Å². The van der Waals surface area contributed by atoms with Crippen molar-refractivity contribution in [2.24, 2.45) is 0 Å². The smallest absolute Gasteiger partial charge is 0.263 e. The Morgan fingerprint density at radius 1 is 1.26 bits per heavy atom. The molecule has 0 radical (unpaired) electrons. The Kier molecular flexibility index (Phi) is 3.27. The third-order valence-electron chi connectivity index (χ3n) is 2.39. The van der Waals surface area contributed by atoms with Crippen LogP contribution < -0.4 is 5.32 Å². The van der Waals surface area contributed by atoms with Crippen molar-refractivity contribution >= 4 is 40.4 Å². The summed E-state index contributed by atoms with van der Waals surface area (Å²) in [6.07, 6.45) is 1.55. The van der Waals surface area contributed by atoms with Crippen molar-refractivity contribution in [1.29, 1.82) is 0 Å². The normalized spacial score (nSPS) is 10.8. The van der Waals surface area contributed by atoms with Gasteiger partial charge >= 0.3 is 0 Å². The number of oxazole rings is 1. The van der Waals surface area contributed by atoms with Gasteiger partial charge in [0.25, 0.3) is 5.22 Å². The van der Waals surface area contributed by atoms with Crippen molar-refractivity contribution in [2.75, 3.05) is 12.4 Å². The van der Waals surface area contributed by atoms with Crippen LogP contribution in [0, 0.1) is 0 Å². The summed E-state index contributed by atoms with van der Waals surface area (Å²) in [5.74, 6) is 0.503. The summed E-state index contributed by atoms with van der Waals surface area (Å²) in [7, 11) is 1.75. The number of rotatable bonds is 3. The SMILES string of the molecule is CNc1ncc(Cl)c(Sc2nc3ccccc3o2)n1. The molecular formula is C12H9ClN4OS. The van der Waals surface area contributed by atoms with Gasteiger partial charge in [-0.3, -0.25) is 0 Å². The lowest BCUT2D eigenvalue weighted by Crippen LogP contribution is -1.96. The van der Waals surface area contributed by atoms with Gasteiger partial charge in [-0.15, -0.1) is 0 Å². The van der Waals surface area contributed by atoms with Crippen LogP contribution in [0.4, 0.5) is 5.95 Å². The van der Waals surface area contributed by atoms with Gasteiger partial charge in [-0.25, -0.2) is 15.0 Å². The third-order valence-corrected chi connectivity index (χ3v) is 3.64. The maximum Gasteiger partial charge on any atom is 0.263 e. The second-order valence-electron chi connectivity index (χ2n) is 3.65. The van der Waals surface area contributed by atoms with E-state index in [2.05, 4.69) is 20.3 Å². The zero-order chi connectivity index (χ0) is 13.2. The van der Waals surface area contributed by atoms with E-state index in [-0.39, 0.29) is 0 Å². The van der Waals surface area contributed by atoms with Gasteiger partial charge in [0.05, 0.1) is 11.2 Å². The number of aromatic nitrogens is 3. The van der Waals surface area contributed by atoms with E-state index in [4.69, 9.17) is 16.0 Å². The van der Waals surface area contributed by atoms with Crippen molar-refractivity contribution in [3.8, 4) is 0 Å². The van der Waals surface area contributed by atoms with Gasteiger partial charge < -0.3 is 9.73 Å². The van der Waals surface area contributed by atoms with Gasteiger partial charge in [0.15, 0.2) is 5.58 Å². The monoisotopic (exact) mass is 292 g/mol. The maximum absolute atomic E-state index is 6.06. The molecule has 0 atom stereocenters. The topological polar surface area (TPSA) is 63.8 Å². The predicted octanol–water partition coefficient (Wildman–Crippen LogP) is 3.46. The molecule has 5 nitrogen and oxygen atoms in total. The molecule has 0 aliphatic heterocycles. The van der Waals surface area contributed by atoms with Crippen LogP contribution in [-0.4, -0.2) is 22.0 Å². The Labute approximate surface area is 118 Å². The molecule has 2 aromatic heterocycles. The molecule has 0 amide bonds. The Hall–Kier alpha value is -1.79. The minimum absolute atomic E-state index is 0.464. The zero-order valence-electron chi connectivity index (χ0n) is 9.92. The van der Waals surface area contributed by atoms with Crippen molar-refractivity contribution in [3.63, 3.8) is 0 Å². The highest BCUT2D eigenvalue weighted by atomic mass is 35.5. The minimum atomic E-state index is 0.464. The number of anilines is 1. The first-order chi connectivity index (χ1) is 9.26. The van der Waals surface area contributed by atoms with Crippen LogP contribution in [0.2, 0.25) is 5.02 Å². The van der Waals surface area contributed by atoms with Crippen molar-refractivity contribution in [2.45, 2.75) is 10.2 Å². The molecule has 0 bridgehead atoms. The summed E-state index contributed by atoms with van der Waals surface area (Å²) in [6.45, 7) is 0. The number of benzene rings is 1. The summed E-state index contributed by atoms with van der Waals surface area (Å²) in [6, 6.07) is 7.57. The molecule has 1 aromatic carbocycles. The molecule has 0 aliphatic rings. The lowest BCUT2D eigenvalue weighted by Gasteiger charge is -2.02. The first-order valence-corrected chi connectivity index (χ1v) is 6.69. The Morgan fingerprint density at radius 3 is 2.89 bits per heavy atom. The number of halogens is 1. The Morgan fingerprint density at radius 2 is 2.11 bits per heavy atom. The summed E-state index contributed by atoms with van der Waals surface area (Å²) in [5, 5.41) is 4.43. The second-order valence-corrected chi connectivity index (χ2v) is 4.99. The second kappa shape index (κ2) is 5.07. The number of hydrogen-bond donors (Lipinski definition) is 1. The molecule has 96 valence electrons. The molecule has 3 rings (SSSR count). The first-order valence-electron chi connectivity index (χ1n) is 5.50. The molecule has 0 unspecified atom stereocenters. The van der Waals surface area contributed by atoms with Crippen molar-refractivity contribution in [3.05, 3.63) is 35.5 Å². The van der Waals surface area contributed by atoms with Crippen LogP contribution >= 0.6 is 23.4 Å². The summed E-state index contributed by atoms with van der Waals surface area (Å²) >= 11 is 7.33. The van der Waals surface area contributed by atoms with Crippen molar-refractivity contribution < 1.29 is 4.42 Å². The number of para-hydroxylation sites is 2. The number of hydrogen-bond acceptors (Lipinski definition) is 6. The standard InChI is InChI=1S/C12H9ClN4OS/c1-14-11-15-6-7(13)10(17-11)19-12-16-8-4-2-3-5-9(8)18-12/h2-6H,1H3,(H,14,15,17). The summed E-state index contributed by atoms with van der Waals surface area (Å²) in [4.78, 5) is 12.6. The fourth-order valence-electron chi connectivity index (χ4n) is 1.52. The fourth-order valence-corrected chi connectivity index (χ4v) is 2.45. The van der Waals surface area contributed by atoms with Gasteiger partial charge in [-0.2, -0.15) is 0 Å². The van der Waals surface area contributed by atoms with Gasteiger partial charge in [-0.1, -0.05) is 23.7 Å². The summed E-state index contributed by atoms with van der Waals surface area (Å²) < 4.78 is 5.61. The molecule has 19 heavy (non-hydrogen) atoms. The zero-order valence-corrected chi connectivity index (χ0v) is 11.5. The lowest BCUT2D eigenvalue weighted by atomic mass is 10.3. The molecular weight excluding hydrogens is 284 g/mol. The molecule has 2 heterocycles. The quantitative estimate of drug-likeness (QED) is 0.746. The largest absolute Gasteiger partial charge is 0.431 e. The average Bonchev–Trinajstić information content (AvgIpc) is 2.83. The van der Waals surface area contributed by atoms with Crippen LogP contribution in [0.5, 0.6) is 0 Å². The molecule has 1 N–H and O–H groups in total. The molecule has 0 saturated heterocycles. The molecule has 0 saturated carbocycles. The Bertz CT molecular complexity index is 698. The van der Waals surface area contributed by atoms with Crippen LogP contribution in [0.15, 0.2) is 45.1 Å². The highest BCUT2D eigenvalue weighted by molar-refractivity contribution is 7.99. The minimum Gasteiger partial charge on any atom is -0.431 e. The van der Waals surface area contributed by atoms with Crippen LogP contribution in [0.1, 0.15) is 0 Å². The third kappa shape index (κ3) is 2.50. The first kappa shape index (κ1) is 12.3. The van der Waals surface area contributed by atoms with Crippen LogP contribution in [0.3, 0.4) is 0 Å². The van der Waals surface area contributed by atoms with E-state index in [1.165, 1.54) is 11.8 Å². The molecule has 7 heteroatoms. The van der Waals surface area contributed by atoms with E-state index >= 15 is 0 Å². The molecule has 0 aliphatic carbocycles. The number of nitrogens with one attached hydrogen (secondary N) is 1. The maximum atomic E-state index is 6.06. The van der Waals surface area contributed by atoms with Gasteiger partial charge in [0.1, 0.15) is 10.5 Å². The van der Waals surface area contributed by atoms with Gasteiger partial charge in [-0.05, 0) is 23.9 Å². The lowest BCUT2D eigenvalue weighted by molar-refractivity contribution is 0.489. The Balaban J connectivity index is 1.96. The van der Waals surface area contributed by atoms with Gasteiger partial charge in [0, 0.05) is 7.05 Å². The van der Waals surface area contributed by atoms with E-state index < -0.39 is 0 Å². The highest BCUT2D eigenvalue weighted by Crippen LogP contribution is 2.33. The predicted molar refractivity (Wildman–Crippen MR) is 74.7 cm³/mol. The highest BCUT2D eigenvalue weighted by Gasteiger charge is 2.12. The van der Waals surface area contributed by atoms with E-state index in [0.29, 0.717) is 21.2 Å².